The van der Waals surface area contributed by atoms with Gasteiger partial charge in [0.1, 0.15) is 5.54 Å². The number of amides is 1. The predicted octanol–water partition coefficient (Wildman–Crippen LogP) is 2.15. The number of benzene rings is 1. The number of carbonyl (C=O) groups is 1. The van der Waals surface area contributed by atoms with Gasteiger partial charge in [0.15, 0.2) is 9.84 Å². The van der Waals surface area contributed by atoms with Crippen molar-refractivity contribution in [2.45, 2.75) is 49.5 Å². The van der Waals surface area contributed by atoms with E-state index in [1.54, 1.807) is 12.1 Å². The van der Waals surface area contributed by atoms with Gasteiger partial charge in [-0.05, 0) is 37.5 Å². The minimum Gasteiger partial charge on any atom is -0.376 e. The fourth-order valence-electron chi connectivity index (χ4n) is 2.93. The summed E-state index contributed by atoms with van der Waals surface area (Å²) in [4.78, 5) is 12.4. The van der Waals surface area contributed by atoms with E-state index in [4.69, 9.17) is 0 Å². The highest BCUT2D eigenvalue weighted by molar-refractivity contribution is 7.90. The largest absolute Gasteiger partial charge is 0.376 e. The summed E-state index contributed by atoms with van der Waals surface area (Å²) < 4.78 is 23.3. The van der Waals surface area contributed by atoms with Crippen LogP contribution in [0.3, 0.4) is 0 Å². The van der Waals surface area contributed by atoms with Crippen LogP contribution in [0.15, 0.2) is 23.1 Å². The molecule has 6 nitrogen and oxygen atoms in total. The first-order chi connectivity index (χ1) is 11.3. The summed E-state index contributed by atoms with van der Waals surface area (Å²) in [6.07, 6.45) is 5.48. The Kier molecular flexibility index (Phi) is 5.50. The molecule has 1 aliphatic rings. The molecule has 0 unspecified atom stereocenters. The van der Waals surface area contributed by atoms with E-state index >= 15 is 0 Å². The van der Waals surface area contributed by atoms with Crippen molar-refractivity contribution in [2.24, 2.45) is 0 Å². The second-order valence-corrected chi connectivity index (χ2v) is 8.42. The average molecular weight is 349 g/mol. The van der Waals surface area contributed by atoms with Crippen molar-refractivity contribution in [1.29, 1.82) is 5.26 Å². The van der Waals surface area contributed by atoms with Gasteiger partial charge in [0.25, 0.3) is 0 Å². The Balaban J connectivity index is 2.03. The van der Waals surface area contributed by atoms with Crippen LogP contribution < -0.4 is 10.6 Å². The minimum absolute atomic E-state index is 0.00249. The lowest BCUT2D eigenvalue weighted by Gasteiger charge is -2.31. The van der Waals surface area contributed by atoms with Crippen molar-refractivity contribution in [2.75, 3.05) is 18.1 Å². The molecule has 2 rings (SSSR count). The number of hydrogen-bond acceptors (Lipinski definition) is 5. The lowest BCUT2D eigenvalue weighted by atomic mass is 9.83. The Labute approximate surface area is 143 Å². The zero-order chi connectivity index (χ0) is 17.8. The van der Waals surface area contributed by atoms with E-state index in [9.17, 15) is 18.5 Å². The highest BCUT2D eigenvalue weighted by Gasteiger charge is 2.33. The predicted molar refractivity (Wildman–Crippen MR) is 92.4 cm³/mol. The molecule has 1 fully saturated rings. The fraction of sp³-hybridized carbons (Fsp3) is 0.529. The van der Waals surface area contributed by atoms with Crippen LogP contribution in [-0.4, -0.2) is 32.7 Å². The van der Waals surface area contributed by atoms with Crippen molar-refractivity contribution in [3.63, 3.8) is 0 Å². The van der Waals surface area contributed by atoms with E-state index in [1.807, 2.05) is 6.92 Å². The summed E-state index contributed by atoms with van der Waals surface area (Å²) in [5.41, 5.74) is 0.686. The maximum absolute atomic E-state index is 12.2. The first-order valence-corrected chi connectivity index (χ1v) is 9.92. The molecule has 0 atom stereocenters. The number of nitrogens with one attached hydrogen (secondary N) is 2. The SMILES string of the molecule is Cc1ccc(S(C)(=O)=O)cc1NCC(=O)NC1(C#N)CCCCC1. The number of aryl methyl sites for hydroxylation is 1. The Morgan fingerprint density at radius 1 is 1.29 bits per heavy atom. The van der Waals surface area contributed by atoms with Crippen LogP contribution in [0.25, 0.3) is 0 Å². The van der Waals surface area contributed by atoms with Crippen LogP contribution in [-0.2, 0) is 14.6 Å². The third-order valence-corrected chi connectivity index (χ3v) is 5.49. The van der Waals surface area contributed by atoms with Gasteiger partial charge < -0.3 is 10.6 Å². The third-order valence-electron chi connectivity index (χ3n) is 4.38. The van der Waals surface area contributed by atoms with Crippen LogP contribution in [0.2, 0.25) is 0 Å². The number of sulfone groups is 1. The molecule has 1 aromatic carbocycles. The molecule has 0 radical (unpaired) electrons. The molecule has 0 aromatic heterocycles. The second-order valence-electron chi connectivity index (χ2n) is 6.41. The van der Waals surface area contributed by atoms with E-state index < -0.39 is 15.4 Å². The van der Waals surface area contributed by atoms with Gasteiger partial charge in [0.2, 0.25) is 5.91 Å². The summed E-state index contributed by atoms with van der Waals surface area (Å²) in [6.45, 7) is 1.84. The van der Waals surface area contributed by atoms with Crippen LogP contribution in [0.5, 0.6) is 0 Å². The molecule has 0 heterocycles. The Morgan fingerprint density at radius 2 is 1.96 bits per heavy atom. The number of hydrogen-bond donors (Lipinski definition) is 2. The van der Waals surface area contributed by atoms with E-state index in [0.717, 1.165) is 31.1 Å². The monoisotopic (exact) mass is 349 g/mol. The summed E-state index contributed by atoms with van der Waals surface area (Å²) >= 11 is 0. The van der Waals surface area contributed by atoms with Gasteiger partial charge in [-0.2, -0.15) is 5.26 Å². The maximum atomic E-state index is 12.2. The third kappa shape index (κ3) is 4.48. The van der Waals surface area contributed by atoms with E-state index in [0.29, 0.717) is 18.5 Å². The van der Waals surface area contributed by atoms with Gasteiger partial charge in [-0.3, -0.25) is 4.79 Å². The summed E-state index contributed by atoms with van der Waals surface area (Å²) in [5.74, 6) is -0.261. The minimum atomic E-state index is -3.30. The van der Waals surface area contributed by atoms with Crippen LogP contribution >= 0.6 is 0 Å². The Morgan fingerprint density at radius 3 is 2.54 bits per heavy atom. The van der Waals surface area contributed by atoms with E-state index in [1.165, 1.54) is 6.07 Å². The molecule has 0 bridgehead atoms. The van der Waals surface area contributed by atoms with Crippen LogP contribution in [0.1, 0.15) is 37.7 Å². The Bertz CT molecular complexity index is 760. The number of nitrogens with zero attached hydrogens (tertiary/aromatic N) is 1. The molecule has 1 aromatic rings. The van der Waals surface area contributed by atoms with Gasteiger partial charge >= 0.3 is 0 Å². The van der Waals surface area contributed by atoms with Crippen LogP contribution in [0.4, 0.5) is 5.69 Å². The van der Waals surface area contributed by atoms with Crippen LogP contribution in [0, 0.1) is 18.3 Å². The number of carbonyl (C=O) groups excluding carboxylic acids is 1. The normalized spacial score (nSPS) is 16.9. The molecule has 0 spiro atoms. The molecule has 1 aliphatic carbocycles. The Hall–Kier alpha value is -2.07. The van der Waals surface area contributed by atoms with Gasteiger partial charge in [-0.1, -0.05) is 25.3 Å². The van der Waals surface area contributed by atoms with Crippen molar-refractivity contribution >= 4 is 21.4 Å². The smallest absolute Gasteiger partial charge is 0.240 e. The summed E-state index contributed by atoms with van der Waals surface area (Å²) in [6, 6.07) is 7.02. The van der Waals surface area contributed by atoms with E-state index in [-0.39, 0.29) is 17.3 Å². The van der Waals surface area contributed by atoms with Crippen molar-refractivity contribution in [1.82, 2.24) is 5.32 Å². The summed E-state index contributed by atoms with van der Waals surface area (Å²) in [7, 11) is -3.30. The molecular formula is C17H23N3O3S. The molecule has 130 valence electrons. The average Bonchev–Trinajstić information content (AvgIpc) is 2.54. The lowest BCUT2D eigenvalue weighted by molar-refractivity contribution is -0.121. The number of anilines is 1. The first kappa shape index (κ1) is 18.3. The zero-order valence-corrected chi connectivity index (χ0v) is 14.9. The highest BCUT2D eigenvalue weighted by Crippen LogP contribution is 2.27. The number of rotatable bonds is 5. The van der Waals surface area contributed by atoms with Crippen molar-refractivity contribution < 1.29 is 13.2 Å². The molecule has 1 saturated carbocycles. The number of nitriles is 1. The first-order valence-electron chi connectivity index (χ1n) is 8.03. The molecule has 7 heteroatoms. The molecule has 2 N–H and O–H groups in total. The standard InChI is InChI=1S/C17H23N3O3S/c1-13-6-7-14(24(2,22)23)10-15(13)19-11-16(21)20-17(12-18)8-4-3-5-9-17/h6-7,10,19H,3-5,8-9,11H2,1-2H3,(H,20,21). The van der Waals surface area contributed by atoms with Crippen molar-refractivity contribution in [3.8, 4) is 6.07 Å². The highest BCUT2D eigenvalue weighted by atomic mass is 32.2. The van der Waals surface area contributed by atoms with Gasteiger partial charge in [-0.25, -0.2) is 8.42 Å². The molecule has 0 saturated heterocycles. The molecule has 1 amide bonds. The van der Waals surface area contributed by atoms with Crippen molar-refractivity contribution in [3.05, 3.63) is 23.8 Å². The van der Waals surface area contributed by atoms with Gasteiger partial charge in [-0.15, -0.1) is 0 Å². The quantitative estimate of drug-likeness (QED) is 0.848. The zero-order valence-electron chi connectivity index (χ0n) is 14.1. The maximum Gasteiger partial charge on any atom is 0.240 e. The summed E-state index contributed by atoms with van der Waals surface area (Å²) in [5, 5.41) is 15.2. The second kappa shape index (κ2) is 7.22. The fourth-order valence-corrected chi connectivity index (χ4v) is 3.58. The van der Waals surface area contributed by atoms with Gasteiger partial charge in [0.05, 0.1) is 17.5 Å². The van der Waals surface area contributed by atoms with Gasteiger partial charge in [0, 0.05) is 11.9 Å². The van der Waals surface area contributed by atoms with E-state index in [2.05, 4.69) is 16.7 Å². The molecular weight excluding hydrogens is 326 g/mol. The topological polar surface area (TPSA) is 99.1 Å². The molecule has 24 heavy (non-hydrogen) atoms. The lowest BCUT2D eigenvalue weighted by Crippen LogP contribution is -2.50. The molecule has 0 aliphatic heterocycles.